The van der Waals surface area contributed by atoms with Crippen LogP contribution < -0.4 is 0 Å². The van der Waals surface area contributed by atoms with Gasteiger partial charge in [0.15, 0.2) is 5.69 Å². The quantitative estimate of drug-likeness (QED) is 0.918. The van der Waals surface area contributed by atoms with Crippen molar-refractivity contribution in [1.82, 2.24) is 4.98 Å². The maximum atomic E-state index is 11.0. The smallest absolute Gasteiger partial charge is 0.354 e. The van der Waals surface area contributed by atoms with Crippen molar-refractivity contribution in [2.75, 3.05) is 0 Å². The highest BCUT2D eigenvalue weighted by atomic mass is 79.9. The Morgan fingerprint density at radius 1 is 1.26 bits per heavy atom. The summed E-state index contributed by atoms with van der Waals surface area (Å²) in [5.74, 6) is -1.04. The number of carboxylic acid groups (broad SMARTS) is 1. The number of aromatic nitrogens is 1. The Morgan fingerprint density at radius 2 is 2.11 bits per heavy atom. The molecule has 0 spiro atoms. The minimum Gasteiger partial charge on any atom is -0.477 e. The molecule has 98 valence electrons. The fourth-order valence-corrected chi connectivity index (χ4v) is 2.10. The van der Waals surface area contributed by atoms with Gasteiger partial charge in [-0.3, -0.25) is 0 Å². The van der Waals surface area contributed by atoms with Crippen molar-refractivity contribution >= 4 is 21.9 Å². The minimum absolute atomic E-state index is 0.0387. The first-order valence-electron chi connectivity index (χ1n) is 5.66. The van der Waals surface area contributed by atoms with E-state index in [0.29, 0.717) is 12.2 Å². The number of hydrogen-bond acceptors (Lipinski definition) is 3. The number of benzene rings is 1. The normalized spacial score (nSPS) is 10.4. The van der Waals surface area contributed by atoms with Crippen molar-refractivity contribution in [3.63, 3.8) is 0 Å². The van der Waals surface area contributed by atoms with Crippen LogP contribution in [0.15, 0.2) is 47.1 Å². The lowest BCUT2D eigenvalue weighted by molar-refractivity contribution is 0.0676. The molecule has 0 saturated carbocycles. The molecule has 0 atom stereocenters. The molecule has 0 radical (unpaired) electrons. The first kappa shape index (κ1) is 13.7. The second kappa shape index (κ2) is 6.45. The van der Waals surface area contributed by atoms with Gasteiger partial charge in [-0.1, -0.05) is 34.1 Å². The minimum atomic E-state index is -1.04. The summed E-state index contributed by atoms with van der Waals surface area (Å²) in [5.41, 5.74) is 1.64. The molecule has 5 heteroatoms. The van der Waals surface area contributed by atoms with Crippen LogP contribution in [0.1, 0.15) is 21.6 Å². The van der Waals surface area contributed by atoms with E-state index in [9.17, 15) is 4.79 Å². The number of pyridine rings is 1. The largest absolute Gasteiger partial charge is 0.477 e. The first-order chi connectivity index (χ1) is 9.16. The van der Waals surface area contributed by atoms with Crippen LogP contribution in [0, 0.1) is 0 Å². The summed E-state index contributed by atoms with van der Waals surface area (Å²) in [7, 11) is 0. The Kier molecular flexibility index (Phi) is 4.65. The number of aromatic carboxylic acids is 1. The van der Waals surface area contributed by atoms with E-state index in [1.165, 1.54) is 6.20 Å². The van der Waals surface area contributed by atoms with Crippen molar-refractivity contribution < 1.29 is 14.6 Å². The van der Waals surface area contributed by atoms with Crippen LogP contribution in [0.25, 0.3) is 0 Å². The number of carbonyl (C=O) groups is 1. The molecule has 0 saturated heterocycles. The SMILES string of the molecule is O=C(O)c1ncccc1COCc1cccc(Br)c1. The monoisotopic (exact) mass is 321 g/mol. The maximum Gasteiger partial charge on any atom is 0.354 e. The molecular formula is C14H12BrNO3. The lowest BCUT2D eigenvalue weighted by Gasteiger charge is -2.07. The Hall–Kier alpha value is -1.72. The van der Waals surface area contributed by atoms with Gasteiger partial charge in [-0.2, -0.15) is 0 Å². The highest BCUT2D eigenvalue weighted by Crippen LogP contribution is 2.14. The zero-order valence-electron chi connectivity index (χ0n) is 10.0. The van der Waals surface area contributed by atoms with Gasteiger partial charge >= 0.3 is 5.97 Å². The molecule has 1 aromatic carbocycles. The van der Waals surface area contributed by atoms with E-state index >= 15 is 0 Å². The van der Waals surface area contributed by atoms with Crippen LogP contribution in [0.3, 0.4) is 0 Å². The Balaban J connectivity index is 1.98. The van der Waals surface area contributed by atoms with Gasteiger partial charge in [-0.05, 0) is 23.8 Å². The van der Waals surface area contributed by atoms with E-state index in [-0.39, 0.29) is 12.3 Å². The number of hydrogen-bond donors (Lipinski definition) is 1. The molecule has 1 heterocycles. The van der Waals surface area contributed by atoms with Crippen molar-refractivity contribution in [2.45, 2.75) is 13.2 Å². The lowest BCUT2D eigenvalue weighted by atomic mass is 10.2. The third-order valence-electron chi connectivity index (χ3n) is 2.51. The van der Waals surface area contributed by atoms with Gasteiger partial charge in [-0.15, -0.1) is 0 Å². The topological polar surface area (TPSA) is 59.4 Å². The van der Waals surface area contributed by atoms with E-state index in [2.05, 4.69) is 20.9 Å². The number of rotatable bonds is 5. The van der Waals surface area contributed by atoms with Crippen LogP contribution >= 0.6 is 15.9 Å². The summed E-state index contributed by atoms with van der Waals surface area (Å²) in [6.45, 7) is 0.648. The lowest BCUT2D eigenvalue weighted by Crippen LogP contribution is -2.06. The van der Waals surface area contributed by atoms with Gasteiger partial charge in [0.1, 0.15) is 0 Å². The highest BCUT2D eigenvalue weighted by molar-refractivity contribution is 9.10. The van der Waals surface area contributed by atoms with Gasteiger partial charge in [0, 0.05) is 16.2 Å². The van der Waals surface area contributed by atoms with Gasteiger partial charge in [0.2, 0.25) is 0 Å². The van der Waals surface area contributed by atoms with E-state index in [0.717, 1.165) is 10.0 Å². The number of carboxylic acids is 1. The van der Waals surface area contributed by atoms with Crippen LogP contribution in [-0.4, -0.2) is 16.1 Å². The number of nitrogens with zero attached hydrogens (tertiary/aromatic N) is 1. The summed E-state index contributed by atoms with van der Waals surface area (Å²) >= 11 is 3.39. The molecule has 2 rings (SSSR count). The molecule has 19 heavy (non-hydrogen) atoms. The van der Waals surface area contributed by atoms with Crippen LogP contribution in [0.5, 0.6) is 0 Å². The molecule has 1 N–H and O–H groups in total. The van der Waals surface area contributed by atoms with Crippen LogP contribution in [-0.2, 0) is 18.0 Å². The molecule has 0 aliphatic rings. The molecule has 0 unspecified atom stereocenters. The average Bonchev–Trinajstić information content (AvgIpc) is 2.39. The molecule has 1 aromatic heterocycles. The van der Waals surface area contributed by atoms with E-state index in [1.807, 2.05) is 24.3 Å². The third-order valence-corrected chi connectivity index (χ3v) is 3.00. The predicted octanol–water partition coefficient (Wildman–Crippen LogP) is 3.26. The fraction of sp³-hybridized carbons (Fsp3) is 0.143. The molecule has 0 fully saturated rings. The Labute approximate surface area is 119 Å². The fourth-order valence-electron chi connectivity index (χ4n) is 1.65. The molecule has 0 bridgehead atoms. The summed E-state index contributed by atoms with van der Waals surface area (Å²) < 4.78 is 6.51. The molecule has 0 aliphatic heterocycles. The van der Waals surface area contributed by atoms with E-state index in [1.54, 1.807) is 12.1 Å². The average molecular weight is 322 g/mol. The van der Waals surface area contributed by atoms with Gasteiger partial charge in [-0.25, -0.2) is 9.78 Å². The summed E-state index contributed by atoms with van der Waals surface area (Å²) in [6.07, 6.45) is 1.46. The molecular weight excluding hydrogens is 310 g/mol. The van der Waals surface area contributed by atoms with Crippen molar-refractivity contribution in [3.05, 3.63) is 63.9 Å². The standard InChI is InChI=1S/C14H12BrNO3/c15-12-5-1-3-10(7-12)8-19-9-11-4-2-6-16-13(11)14(17)18/h1-7H,8-9H2,(H,17,18). The molecule has 4 nitrogen and oxygen atoms in total. The molecule has 0 aliphatic carbocycles. The van der Waals surface area contributed by atoms with Gasteiger partial charge in [0.25, 0.3) is 0 Å². The second-order valence-electron chi connectivity index (χ2n) is 3.94. The third kappa shape index (κ3) is 3.87. The van der Waals surface area contributed by atoms with Crippen LogP contribution in [0.4, 0.5) is 0 Å². The molecule has 2 aromatic rings. The zero-order chi connectivity index (χ0) is 13.7. The van der Waals surface area contributed by atoms with Crippen molar-refractivity contribution in [3.8, 4) is 0 Å². The Bertz CT molecular complexity index is 586. The Morgan fingerprint density at radius 3 is 2.84 bits per heavy atom. The second-order valence-corrected chi connectivity index (χ2v) is 4.85. The van der Waals surface area contributed by atoms with Crippen molar-refractivity contribution in [2.24, 2.45) is 0 Å². The summed E-state index contributed by atoms with van der Waals surface area (Å²) in [6, 6.07) is 11.2. The predicted molar refractivity (Wildman–Crippen MR) is 73.8 cm³/mol. The van der Waals surface area contributed by atoms with Gasteiger partial charge < -0.3 is 9.84 Å². The molecule has 0 amide bonds. The number of halogens is 1. The van der Waals surface area contributed by atoms with Gasteiger partial charge in [0.05, 0.1) is 13.2 Å². The highest BCUT2D eigenvalue weighted by Gasteiger charge is 2.10. The number of ether oxygens (including phenoxy) is 1. The summed E-state index contributed by atoms with van der Waals surface area (Å²) in [5, 5.41) is 8.99. The van der Waals surface area contributed by atoms with Crippen molar-refractivity contribution in [1.29, 1.82) is 0 Å². The zero-order valence-corrected chi connectivity index (χ0v) is 11.6. The first-order valence-corrected chi connectivity index (χ1v) is 6.45. The van der Waals surface area contributed by atoms with E-state index in [4.69, 9.17) is 9.84 Å². The summed E-state index contributed by atoms with van der Waals surface area (Å²) in [4.78, 5) is 14.8. The van der Waals surface area contributed by atoms with Crippen LogP contribution in [0.2, 0.25) is 0 Å². The maximum absolute atomic E-state index is 11.0. The van der Waals surface area contributed by atoms with E-state index < -0.39 is 5.97 Å².